The van der Waals surface area contributed by atoms with Gasteiger partial charge in [-0.3, -0.25) is 14.5 Å². The SMILES string of the molecule is C[C@@H](OC(=O)[C@@H]1CCCO1)C(=O)N1CC(=O)Nc2ccccc21. The van der Waals surface area contributed by atoms with E-state index in [0.29, 0.717) is 24.4 Å². The van der Waals surface area contributed by atoms with Gasteiger partial charge < -0.3 is 14.8 Å². The number of carbonyl (C=O) groups excluding carboxylic acids is 3. The van der Waals surface area contributed by atoms with E-state index in [4.69, 9.17) is 9.47 Å². The molecule has 1 aromatic rings. The van der Waals surface area contributed by atoms with Gasteiger partial charge in [0.05, 0.1) is 11.4 Å². The highest BCUT2D eigenvalue weighted by atomic mass is 16.6. The number of nitrogens with one attached hydrogen (secondary N) is 1. The van der Waals surface area contributed by atoms with Crippen molar-refractivity contribution in [3.05, 3.63) is 24.3 Å². The van der Waals surface area contributed by atoms with Gasteiger partial charge in [0.25, 0.3) is 5.91 Å². The van der Waals surface area contributed by atoms with Gasteiger partial charge in [0.2, 0.25) is 5.91 Å². The van der Waals surface area contributed by atoms with E-state index in [-0.39, 0.29) is 12.5 Å². The van der Waals surface area contributed by atoms with Crippen molar-refractivity contribution in [1.29, 1.82) is 0 Å². The normalized spacial score (nSPS) is 21.3. The third-order valence-corrected chi connectivity index (χ3v) is 3.87. The predicted octanol–water partition coefficient (Wildman–Crippen LogP) is 1.08. The number of para-hydroxylation sites is 2. The Labute approximate surface area is 133 Å². The third-order valence-electron chi connectivity index (χ3n) is 3.87. The van der Waals surface area contributed by atoms with Crippen molar-refractivity contribution in [2.24, 2.45) is 0 Å². The second kappa shape index (κ2) is 6.37. The zero-order valence-electron chi connectivity index (χ0n) is 12.8. The van der Waals surface area contributed by atoms with E-state index in [1.807, 2.05) is 0 Å². The minimum absolute atomic E-state index is 0.0995. The number of ether oxygens (including phenoxy) is 2. The summed E-state index contributed by atoms with van der Waals surface area (Å²) >= 11 is 0. The first-order chi connectivity index (χ1) is 11.1. The molecule has 1 fully saturated rings. The van der Waals surface area contributed by atoms with Crippen molar-refractivity contribution in [2.75, 3.05) is 23.4 Å². The number of rotatable bonds is 3. The van der Waals surface area contributed by atoms with Crippen molar-refractivity contribution < 1.29 is 23.9 Å². The summed E-state index contributed by atoms with van der Waals surface area (Å²) in [6.07, 6.45) is -0.163. The van der Waals surface area contributed by atoms with Crippen molar-refractivity contribution in [3.63, 3.8) is 0 Å². The third kappa shape index (κ3) is 3.19. The van der Waals surface area contributed by atoms with Crippen LogP contribution in [0.5, 0.6) is 0 Å². The molecule has 2 amide bonds. The predicted molar refractivity (Wildman–Crippen MR) is 82.0 cm³/mol. The molecule has 2 aliphatic rings. The molecule has 2 atom stereocenters. The summed E-state index contributed by atoms with van der Waals surface area (Å²) in [6, 6.07) is 7.00. The molecule has 3 rings (SSSR count). The van der Waals surface area contributed by atoms with Gasteiger partial charge in [0, 0.05) is 6.61 Å². The van der Waals surface area contributed by atoms with E-state index in [0.717, 1.165) is 6.42 Å². The monoisotopic (exact) mass is 318 g/mol. The number of hydrogen-bond donors (Lipinski definition) is 1. The molecule has 23 heavy (non-hydrogen) atoms. The van der Waals surface area contributed by atoms with Crippen LogP contribution < -0.4 is 10.2 Å². The lowest BCUT2D eigenvalue weighted by Gasteiger charge is -2.31. The molecule has 1 saturated heterocycles. The summed E-state index contributed by atoms with van der Waals surface area (Å²) < 4.78 is 10.5. The van der Waals surface area contributed by atoms with E-state index < -0.39 is 24.1 Å². The molecule has 0 saturated carbocycles. The number of fused-ring (bicyclic) bond motifs is 1. The quantitative estimate of drug-likeness (QED) is 0.843. The fraction of sp³-hybridized carbons (Fsp3) is 0.438. The maximum atomic E-state index is 12.6. The van der Waals surface area contributed by atoms with E-state index in [2.05, 4.69) is 5.32 Å². The average molecular weight is 318 g/mol. The molecule has 1 N–H and O–H groups in total. The maximum Gasteiger partial charge on any atom is 0.336 e. The van der Waals surface area contributed by atoms with Gasteiger partial charge >= 0.3 is 5.97 Å². The minimum atomic E-state index is -0.981. The first-order valence-electron chi connectivity index (χ1n) is 7.58. The summed E-state index contributed by atoms with van der Waals surface area (Å²) in [5.74, 6) is -1.24. The second-order valence-corrected chi connectivity index (χ2v) is 5.57. The number of nitrogens with zero attached hydrogens (tertiary/aromatic N) is 1. The molecule has 0 aliphatic carbocycles. The van der Waals surface area contributed by atoms with E-state index in [1.165, 1.54) is 11.8 Å². The number of amides is 2. The maximum absolute atomic E-state index is 12.6. The molecule has 1 aromatic carbocycles. The largest absolute Gasteiger partial charge is 0.451 e. The van der Waals surface area contributed by atoms with Crippen LogP contribution in [0.25, 0.3) is 0 Å². The van der Waals surface area contributed by atoms with Crippen LogP contribution in [0.4, 0.5) is 11.4 Å². The molecule has 0 aromatic heterocycles. The summed E-state index contributed by atoms with van der Waals surface area (Å²) in [5, 5.41) is 2.71. The zero-order chi connectivity index (χ0) is 16.4. The topological polar surface area (TPSA) is 84.9 Å². The molecular formula is C16H18N2O5. The van der Waals surface area contributed by atoms with Crippen LogP contribution >= 0.6 is 0 Å². The molecule has 0 radical (unpaired) electrons. The number of hydrogen-bond acceptors (Lipinski definition) is 5. The molecule has 2 aliphatic heterocycles. The Bertz CT molecular complexity index is 639. The molecule has 2 heterocycles. The number of carbonyl (C=O) groups is 3. The summed E-state index contributed by atoms with van der Waals surface area (Å²) in [5.41, 5.74) is 1.16. The number of anilines is 2. The molecule has 7 nitrogen and oxygen atoms in total. The Morgan fingerprint density at radius 3 is 2.91 bits per heavy atom. The van der Waals surface area contributed by atoms with Gasteiger partial charge in [0.15, 0.2) is 12.2 Å². The Hall–Kier alpha value is -2.41. The number of benzene rings is 1. The summed E-state index contributed by atoms with van der Waals surface area (Å²) in [6.45, 7) is 1.93. The first kappa shape index (κ1) is 15.5. The molecule has 122 valence electrons. The molecule has 0 bridgehead atoms. The van der Waals surface area contributed by atoms with Gasteiger partial charge in [-0.25, -0.2) is 4.79 Å². The van der Waals surface area contributed by atoms with Crippen molar-refractivity contribution in [3.8, 4) is 0 Å². The van der Waals surface area contributed by atoms with Crippen LogP contribution in [-0.4, -0.2) is 43.1 Å². The highest BCUT2D eigenvalue weighted by molar-refractivity contribution is 6.11. The zero-order valence-corrected chi connectivity index (χ0v) is 12.8. The van der Waals surface area contributed by atoms with Gasteiger partial charge in [-0.05, 0) is 31.9 Å². The van der Waals surface area contributed by atoms with Crippen LogP contribution in [0, 0.1) is 0 Å². The van der Waals surface area contributed by atoms with Crippen LogP contribution in [0.3, 0.4) is 0 Å². The lowest BCUT2D eigenvalue weighted by molar-refractivity contribution is -0.162. The van der Waals surface area contributed by atoms with Gasteiger partial charge in [0.1, 0.15) is 6.54 Å². The second-order valence-electron chi connectivity index (χ2n) is 5.57. The van der Waals surface area contributed by atoms with Crippen LogP contribution in [0.1, 0.15) is 19.8 Å². The fourth-order valence-electron chi connectivity index (χ4n) is 2.71. The average Bonchev–Trinajstić information content (AvgIpc) is 3.07. The highest BCUT2D eigenvalue weighted by Crippen LogP contribution is 2.29. The van der Waals surface area contributed by atoms with Crippen molar-refractivity contribution in [2.45, 2.75) is 32.0 Å². The summed E-state index contributed by atoms with van der Waals surface area (Å²) in [7, 11) is 0. The lowest BCUT2D eigenvalue weighted by atomic mass is 10.1. The van der Waals surface area contributed by atoms with E-state index in [9.17, 15) is 14.4 Å². The molecule has 0 unspecified atom stereocenters. The summed E-state index contributed by atoms with van der Waals surface area (Å²) in [4.78, 5) is 37.6. The molecule has 0 spiro atoms. The van der Waals surface area contributed by atoms with Crippen molar-refractivity contribution >= 4 is 29.2 Å². The first-order valence-corrected chi connectivity index (χ1v) is 7.58. The van der Waals surface area contributed by atoms with Gasteiger partial charge in [-0.1, -0.05) is 12.1 Å². The minimum Gasteiger partial charge on any atom is -0.451 e. The number of esters is 1. The molecule has 7 heteroatoms. The van der Waals surface area contributed by atoms with Crippen molar-refractivity contribution in [1.82, 2.24) is 0 Å². The molecular weight excluding hydrogens is 300 g/mol. The Kier molecular flexibility index (Phi) is 4.29. The Balaban J connectivity index is 1.72. The van der Waals surface area contributed by atoms with Gasteiger partial charge in [-0.2, -0.15) is 0 Å². The standard InChI is InChI=1S/C16H18N2O5/c1-10(23-16(21)13-7-4-8-22-13)15(20)18-9-14(19)17-11-5-2-3-6-12(11)18/h2-3,5-6,10,13H,4,7-9H2,1H3,(H,17,19)/t10-,13+/m1/s1. The lowest BCUT2D eigenvalue weighted by Crippen LogP contribution is -2.47. The smallest absolute Gasteiger partial charge is 0.336 e. The van der Waals surface area contributed by atoms with Gasteiger partial charge in [-0.15, -0.1) is 0 Å². The fourth-order valence-corrected chi connectivity index (χ4v) is 2.71. The van der Waals surface area contributed by atoms with Crippen LogP contribution in [0.15, 0.2) is 24.3 Å². The Morgan fingerprint density at radius 2 is 2.17 bits per heavy atom. The highest BCUT2D eigenvalue weighted by Gasteiger charge is 2.33. The van der Waals surface area contributed by atoms with E-state index in [1.54, 1.807) is 24.3 Å². The van der Waals surface area contributed by atoms with Crippen LogP contribution in [0.2, 0.25) is 0 Å². The van der Waals surface area contributed by atoms with Crippen LogP contribution in [-0.2, 0) is 23.9 Å². The Morgan fingerprint density at radius 1 is 1.39 bits per heavy atom. The van der Waals surface area contributed by atoms with E-state index >= 15 is 0 Å².